The van der Waals surface area contributed by atoms with E-state index in [1.807, 2.05) is 6.92 Å². The van der Waals surface area contributed by atoms with Crippen molar-refractivity contribution in [3.8, 4) is 0 Å². The zero-order chi connectivity index (χ0) is 13.1. The van der Waals surface area contributed by atoms with Gasteiger partial charge < -0.3 is 10.6 Å². The second-order valence-corrected chi connectivity index (χ2v) is 4.72. The van der Waals surface area contributed by atoms with Crippen molar-refractivity contribution in [2.75, 3.05) is 13.1 Å². The summed E-state index contributed by atoms with van der Waals surface area (Å²) in [6, 6.07) is 3.34. The van der Waals surface area contributed by atoms with E-state index < -0.39 is 11.6 Å². The highest BCUT2D eigenvalue weighted by molar-refractivity contribution is 5.79. The predicted octanol–water partition coefficient (Wildman–Crippen LogP) is 1.23. The van der Waals surface area contributed by atoms with Gasteiger partial charge >= 0.3 is 0 Å². The van der Waals surface area contributed by atoms with Crippen LogP contribution in [-0.2, 0) is 11.2 Å². The van der Waals surface area contributed by atoms with Crippen molar-refractivity contribution >= 4 is 5.91 Å². The van der Waals surface area contributed by atoms with E-state index in [1.54, 1.807) is 0 Å². The third-order valence-electron chi connectivity index (χ3n) is 3.23. The van der Waals surface area contributed by atoms with Gasteiger partial charge in [-0.25, -0.2) is 8.78 Å². The molecule has 0 radical (unpaired) electrons. The third kappa shape index (κ3) is 3.04. The molecular formula is C13H16F2N2O. The molecule has 0 aromatic heterocycles. The molecule has 0 saturated carbocycles. The SMILES string of the molecule is CC1CNCC1NC(=O)Cc1ccc(F)cc1F. The number of hydrogen-bond donors (Lipinski definition) is 2. The lowest BCUT2D eigenvalue weighted by molar-refractivity contribution is -0.121. The van der Waals surface area contributed by atoms with Crippen LogP contribution < -0.4 is 10.6 Å². The molecular weight excluding hydrogens is 238 g/mol. The fourth-order valence-electron chi connectivity index (χ4n) is 2.10. The van der Waals surface area contributed by atoms with E-state index in [2.05, 4.69) is 10.6 Å². The van der Waals surface area contributed by atoms with Crippen molar-refractivity contribution in [3.63, 3.8) is 0 Å². The topological polar surface area (TPSA) is 41.1 Å². The van der Waals surface area contributed by atoms with Gasteiger partial charge in [0.25, 0.3) is 0 Å². The first-order valence-electron chi connectivity index (χ1n) is 6.00. The van der Waals surface area contributed by atoms with Crippen molar-refractivity contribution in [2.45, 2.75) is 19.4 Å². The van der Waals surface area contributed by atoms with Crippen LogP contribution in [0.5, 0.6) is 0 Å². The van der Waals surface area contributed by atoms with Crippen LogP contribution in [-0.4, -0.2) is 25.0 Å². The number of halogens is 2. The molecule has 1 amide bonds. The fourth-order valence-corrected chi connectivity index (χ4v) is 2.10. The molecule has 0 spiro atoms. The smallest absolute Gasteiger partial charge is 0.224 e. The monoisotopic (exact) mass is 254 g/mol. The summed E-state index contributed by atoms with van der Waals surface area (Å²) in [4.78, 5) is 11.8. The van der Waals surface area contributed by atoms with Crippen molar-refractivity contribution in [2.24, 2.45) is 5.92 Å². The van der Waals surface area contributed by atoms with Gasteiger partial charge in [-0.15, -0.1) is 0 Å². The maximum atomic E-state index is 13.4. The highest BCUT2D eigenvalue weighted by atomic mass is 19.1. The maximum absolute atomic E-state index is 13.4. The Labute approximate surface area is 105 Å². The minimum atomic E-state index is -0.678. The van der Waals surface area contributed by atoms with Crippen LogP contribution in [0.25, 0.3) is 0 Å². The normalized spacial score (nSPS) is 23.1. The Balaban J connectivity index is 1.94. The van der Waals surface area contributed by atoms with Gasteiger partial charge in [0.15, 0.2) is 0 Å². The van der Waals surface area contributed by atoms with Crippen molar-refractivity contribution in [1.82, 2.24) is 10.6 Å². The van der Waals surface area contributed by atoms with Gasteiger partial charge in [-0.2, -0.15) is 0 Å². The Hall–Kier alpha value is -1.49. The summed E-state index contributed by atoms with van der Waals surface area (Å²) in [6.07, 6.45) is -0.0602. The molecule has 1 saturated heterocycles. The van der Waals surface area contributed by atoms with E-state index in [1.165, 1.54) is 6.07 Å². The standard InChI is InChI=1S/C13H16F2N2O/c1-8-6-16-7-12(8)17-13(18)4-9-2-3-10(14)5-11(9)15/h2-3,5,8,12,16H,4,6-7H2,1H3,(H,17,18). The zero-order valence-corrected chi connectivity index (χ0v) is 10.2. The maximum Gasteiger partial charge on any atom is 0.224 e. The number of benzene rings is 1. The Morgan fingerprint density at radius 1 is 1.44 bits per heavy atom. The number of nitrogens with one attached hydrogen (secondary N) is 2. The number of amides is 1. The molecule has 1 aromatic rings. The Morgan fingerprint density at radius 2 is 2.22 bits per heavy atom. The summed E-state index contributed by atoms with van der Waals surface area (Å²) in [7, 11) is 0. The zero-order valence-electron chi connectivity index (χ0n) is 10.2. The number of carbonyl (C=O) groups excluding carboxylic acids is 1. The van der Waals surface area contributed by atoms with Gasteiger partial charge in [-0.05, 0) is 24.1 Å². The summed E-state index contributed by atoms with van der Waals surface area (Å²) in [5, 5.41) is 6.03. The predicted molar refractivity (Wildman–Crippen MR) is 64.0 cm³/mol. The summed E-state index contributed by atoms with van der Waals surface area (Å²) in [5.74, 6) is -1.18. The van der Waals surface area contributed by atoms with Gasteiger partial charge in [-0.3, -0.25) is 4.79 Å². The summed E-state index contributed by atoms with van der Waals surface area (Å²) >= 11 is 0. The van der Waals surface area contributed by atoms with E-state index >= 15 is 0 Å². The molecule has 3 nitrogen and oxygen atoms in total. The third-order valence-corrected chi connectivity index (χ3v) is 3.23. The van der Waals surface area contributed by atoms with E-state index in [0.29, 0.717) is 5.92 Å². The molecule has 0 bridgehead atoms. The lowest BCUT2D eigenvalue weighted by atomic mass is 10.1. The van der Waals surface area contributed by atoms with Crippen molar-refractivity contribution in [3.05, 3.63) is 35.4 Å². The molecule has 1 aliphatic heterocycles. The van der Waals surface area contributed by atoms with Crippen molar-refractivity contribution in [1.29, 1.82) is 0 Å². The molecule has 5 heteroatoms. The second-order valence-electron chi connectivity index (χ2n) is 4.72. The number of carbonyl (C=O) groups is 1. The minimum Gasteiger partial charge on any atom is -0.351 e. The summed E-state index contributed by atoms with van der Waals surface area (Å²) in [6.45, 7) is 3.65. The van der Waals surface area contributed by atoms with Crippen LogP contribution in [0, 0.1) is 17.6 Å². The summed E-state index contributed by atoms with van der Waals surface area (Å²) in [5.41, 5.74) is 0.215. The molecule has 1 aliphatic rings. The average Bonchev–Trinajstić information content (AvgIpc) is 2.69. The molecule has 98 valence electrons. The molecule has 2 atom stereocenters. The van der Waals surface area contributed by atoms with Gasteiger partial charge in [0.05, 0.1) is 6.42 Å². The molecule has 1 aromatic carbocycles. The van der Waals surface area contributed by atoms with Crippen LogP contribution >= 0.6 is 0 Å². The Morgan fingerprint density at radius 3 is 2.83 bits per heavy atom. The molecule has 2 unspecified atom stereocenters. The number of hydrogen-bond acceptors (Lipinski definition) is 2. The molecule has 2 rings (SSSR count). The van der Waals surface area contributed by atoms with Gasteiger partial charge in [0.2, 0.25) is 5.91 Å². The first-order chi connectivity index (χ1) is 8.56. The van der Waals surface area contributed by atoms with Crippen LogP contribution in [0.3, 0.4) is 0 Å². The average molecular weight is 254 g/mol. The number of rotatable bonds is 3. The lowest BCUT2D eigenvalue weighted by Crippen LogP contribution is -2.40. The van der Waals surface area contributed by atoms with Gasteiger partial charge in [0, 0.05) is 18.7 Å². The molecule has 0 aliphatic carbocycles. The summed E-state index contributed by atoms with van der Waals surface area (Å²) < 4.78 is 26.1. The first kappa shape index (κ1) is 13.0. The first-order valence-corrected chi connectivity index (χ1v) is 6.00. The van der Waals surface area contributed by atoms with Gasteiger partial charge in [-0.1, -0.05) is 13.0 Å². The van der Waals surface area contributed by atoms with Crippen LogP contribution in [0.2, 0.25) is 0 Å². The molecule has 1 heterocycles. The van der Waals surface area contributed by atoms with E-state index in [0.717, 1.165) is 25.2 Å². The van der Waals surface area contributed by atoms with E-state index in [4.69, 9.17) is 0 Å². The highest BCUT2D eigenvalue weighted by Gasteiger charge is 2.24. The molecule has 1 fully saturated rings. The minimum absolute atomic E-state index is 0.0602. The Bertz CT molecular complexity index is 451. The van der Waals surface area contributed by atoms with Crippen LogP contribution in [0.4, 0.5) is 8.78 Å². The Kier molecular flexibility index (Phi) is 3.91. The van der Waals surface area contributed by atoms with Crippen LogP contribution in [0.1, 0.15) is 12.5 Å². The largest absolute Gasteiger partial charge is 0.351 e. The molecule has 18 heavy (non-hydrogen) atoms. The quantitative estimate of drug-likeness (QED) is 0.852. The van der Waals surface area contributed by atoms with E-state index in [-0.39, 0.29) is 23.9 Å². The highest BCUT2D eigenvalue weighted by Crippen LogP contribution is 2.11. The van der Waals surface area contributed by atoms with E-state index in [9.17, 15) is 13.6 Å². The fraction of sp³-hybridized carbons (Fsp3) is 0.462. The second kappa shape index (κ2) is 5.44. The molecule has 2 N–H and O–H groups in total. The van der Waals surface area contributed by atoms with Gasteiger partial charge in [0.1, 0.15) is 11.6 Å². The van der Waals surface area contributed by atoms with Crippen molar-refractivity contribution < 1.29 is 13.6 Å². The van der Waals surface area contributed by atoms with Crippen LogP contribution in [0.15, 0.2) is 18.2 Å². The lowest BCUT2D eigenvalue weighted by Gasteiger charge is -2.16.